The molecule has 3 N–H and O–H groups in total. The fourth-order valence-corrected chi connectivity index (χ4v) is 5.75. The van der Waals surface area contributed by atoms with Crippen molar-refractivity contribution in [1.82, 2.24) is 24.8 Å². The number of nitro groups is 1. The number of carbonyl (C=O) groups is 1. The van der Waals surface area contributed by atoms with Gasteiger partial charge in [0.25, 0.3) is 17.2 Å². The van der Waals surface area contributed by atoms with Crippen LogP contribution in [-0.4, -0.2) is 52.4 Å². The van der Waals surface area contributed by atoms with E-state index in [1.54, 1.807) is 54.2 Å². The Balaban J connectivity index is 1.27. The topological polar surface area (TPSA) is 172 Å². The molecule has 45 heavy (non-hydrogen) atoms. The number of aryl methyl sites for hydroxylation is 1. The molecule has 1 aliphatic heterocycles. The van der Waals surface area contributed by atoms with Crippen LogP contribution in [0.25, 0.3) is 16.6 Å². The van der Waals surface area contributed by atoms with E-state index in [0.29, 0.717) is 52.9 Å². The first kappa shape index (κ1) is 29.7. The van der Waals surface area contributed by atoms with E-state index in [4.69, 9.17) is 5.11 Å². The highest BCUT2D eigenvalue weighted by Crippen LogP contribution is 2.47. The number of aliphatic hydroxyl groups excluding tert-OH is 1. The van der Waals surface area contributed by atoms with Crippen LogP contribution in [0.2, 0.25) is 0 Å². The highest BCUT2D eigenvalue weighted by atomic mass is 16.6. The number of hydrogen-bond acceptors (Lipinski definition) is 8. The van der Waals surface area contributed by atoms with Gasteiger partial charge in [-0.1, -0.05) is 48.6 Å². The smallest absolute Gasteiger partial charge is 0.279 e. The van der Waals surface area contributed by atoms with Gasteiger partial charge in [0.2, 0.25) is 0 Å². The molecule has 5 aromatic rings. The zero-order valence-electron chi connectivity index (χ0n) is 24.4. The lowest BCUT2D eigenvalue weighted by Gasteiger charge is -2.27. The number of benzene rings is 3. The van der Waals surface area contributed by atoms with E-state index in [1.807, 2.05) is 24.3 Å². The van der Waals surface area contributed by atoms with Crippen LogP contribution >= 0.6 is 0 Å². The van der Waals surface area contributed by atoms with Gasteiger partial charge in [-0.05, 0) is 42.3 Å². The van der Waals surface area contributed by atoms with Gasteiger partial charge in [-0.3, -0.25) is 29.5 Å². The molecular weight excluding hydrogens is 578 g/mol. The van der Waals surface area contributed by atoms with Crippen molar-refractivity contribution in [3.63, 3.8) is 0 Å². The van der Waals surface area contributed by atoms with Crippen molar-refractivity contribution < 1.29 is 19.9 Å². The third-order valence-electron chi connectivity index (χ3n) is 8.13. The van der Waals surface area contributed by atoms with Crippen LogP contribution in [0, 0.1) is 16.0 Å². The van der Waals surface area contributed by atoms with Crippen LogP contribution in [0.3, 0.4) is 0 Å². The molecule has 13 heteroatoms. The largest absolute Gasteiger partial charge is 0.396 e. The van der Waals surface area contributed by atoms with Crippen molar-refractivity contribution in [2.24, 2.45) is 5.92 Å². The lowest BCUT2D eigenvalue weighted by Crippen LogP contribution is -2.44. The Labute approximate surface area is 256 Å². The van der Waals surface area contributed by atoms with Crippen molar-refractivity contribution in [2.75, 3.05) is 11.5 Å². The molecule has 0 spiro atoms. The maximum absolute atomic E-state index is 14.0. The minimum atomic E-state index is -2.05. The summed E-state index contributed by atoms with van der Waals surface area (Å²) >= 11 is 0. The normalized spacial score (nSPS) is 17.0. The number of non-ortho nitro benzene ring substituents is 1. The number of nitrogens with one attached hydrogen (secondary N) is 1. The molecule has 6 rings (SSSR count). The molecule has 0 saturated heterocycles. The van der Waals surface area contributed by atoms with Gasteiger partial charge in [0.15, 0.2) is 5.60 Å². The molecular formula is C32H31N7O6. The van der Waals surface area contributed by atoms with Gasteiger partial charge in [0, 0.05) is 49.4 Å². The second-order valence-corrected chi connectivity index (χ2v) is 11.0. The Kier molecular flexibility index (Phi) is 7.87. The molecule has 3 heterocycles. The Morgan fingerprint density at radius 2 is 1.93 bits per heavy atom. The molecule has 0 aliphatic carbocycles. The highest BCUT2D eigenvalue weighted by Gasteiger charge is 2.53. The number of nitro benzene ring substituents is 1. The molecule has 230 valence electrons. The number of fused-ring (bicyclic) bond motifs is 2. The van der Waals surface area contributed by atoms with Gasteiger partial charge < -0.3 is 15.1 Å². The summed E-state index contributed by atoms with van der Waals surface area (Å²) in [6.45, 7) is 2.24. The van der Waals surface area contributed by atoms with Crippen LogP contribution < -0.4 is 10.5 Å². The predicted octanol–water partition coefficient (Wildman–Crippen LogP) is 3.37. The first-order valence-corrected chi connectivity index (χ1v) is 14.5. The van der Waals surface area contributed by atoms with E-state index in [2.05, 4.69) is 15.4 Å². The summed E-state index contributed by atoms with van der Waals surface area (Å²) < 4.78 is 3.08. The van der Waals surface area contributed by atoms with Crippen LogP contribution in [0.1, 0.15) is 30.2 Å². The summed E-state index contributed by atoms with van der Waals surface area (Å²) in [6, 6.07) is 18.4. The van der Waals surface area contributed by atoms with Gasteiger partial charge in [-0.15, -0.1) is 5.10 Å². The standard InChI is InChI=1S/C32H31N7O6/c1-21(7-4-5-15-36-20-23(14-16-40)33-35-36)32(43)27-18-25(39(44)45)12-13-29(27)37(31(32)42)19-22-8-6-9-24(17-22)38-30(41)26-10-2-3-11-28(26)34-38/h2-4,6-13,17-18,20-21,34,40,43H,5,14-16,19H2,1H3/b7-4+/t21-,32+/m0/s1. The Hall–Kier alpha value is -5.40. The molecule has 13 nitrogen and oxygen atoms in total. The van der Waals surface area contributed by atoms with Crippen LogP contribution in [0.15, 0.2) is 89.9 Å². The minimum absolute atomic E-state index is 0.0189. The molecule has 2 atom stereocenters. The molecule has 0 bridgehead atoms. The van der Waals surface area contributed by atoms with Gasteiger partial charge >= 0.3 is 0 Å². The number of carbonyl (C=O) groups excluding carboxylic acids is 1. The molecule has 1 amide bonds. The second kappa shape index (κ2) is 11.9. The number of H-pyrrole nitrogens is 1. The lowest BCUT2D eigenvalue weighted by molar-refractivity contribution is -0.385. The maximum Gasteiger partial charge on any atom is 0.279 e. The van der Waals surface area contributed by atoms with Gasteiger partial charge in [0.05, 0.1) is 39.4 Å². The summed E-state index contributed by atoms with van der Waals surface area (Å²) in [5.41, 5.74) is 0.683. The third-order valence-corrected chi connectivity index (χ3v) is 8.13. The Morgan fingerprint density at radius 3 is 2.71 bits per heavy atom. The van der Waals surface area contributed by atoms with Crippen LogP contribution in [0.4, 0.5) is 11.4 Å². The summed E-state index contributed by atoms with van der Waals surface area (Å²) in [7, 11) is 0. The Morgan fingerprint density at radius 1 is 1.11 bits per heavy atom. The SMILES string of the molecule is C[C@@H](/C=C/CCn1cc(CCO)nn1)[C@]1(O)C(=O)N(Cc2cccc(-n3[nH]c4ccccc4c3=O)c2)c2ccc([N+](=O)[O-])cc21. The first-order valence-electron chi connectivity index (χ1n) is 14.5. The van der Waals surface area contributed by atoms with Crippen molar-refractivity contribution >= 4 is 28.2 Å². The molecule has 3 aromatic carbocycles. The lowest BCUT2D eigenvalue weighted by atomic mass is 9.82. The van der Waals surface area contributed by atoms with Gasteiger partial charge in [-0.2, -0.15) is 0 Å². The maximum atomic E-state index is 14.0. The number of aromatic amines is 1. The quantitative estimate of drug-likeness (QED) is 0.116. The number of aliphatic hydroxyl groups is 2. The number of para-hydroxylation sites is 1. The van der Waals surface area contributed by atoms with E-state index in [0.717, 1.165) is 0 Å². The molecule has 1 aliphatic rings. The number of allylic oxidation sites excluding steroid dienone is 1. The van der Waals surface area contributed by atoms with Crippen molar-refractivity contribution in [2.45, 2.75) is 38.5 Å². The zero-order valence-corrected chi connectivity index (χ0v) is 24.4. The number of amides is 1. The Bertz CT molecular complexity index is 1990. The second-order valence-electron chi connectivity index (χ2n) is 11.0. The van der Waals surface area contributed by atoms with Crippen molar-refractivity contribution in [3.05, 3.63) is 122 Å². The molecule has 0 radical (unpaired) electrons. The number of hydrogen-bond donors (Lipinski definition) is 3. The fourth-order valence-electron chi connectivity index (χ4n) is 5.75. The summed E-state index contributed by atoms with van der Waals surface area (Å²) in [5.74, 6) is -1.33. The molecule has 0 unspecified atom stereocenters. The average Bonchev–Trinajstić information content (AvgIpc) is 3.70. The summed E-state index contributed by atoms with van der Waals surface area (Å²) in [6.07, 6.45) is 6.24. The van der Waals surface area contributed by atoms with Crippen LogP contribution in [-0.2, 0) is 29.9 Å². The molecule has 2 aromatic heterocycles. The number of rotatable bonds is 11. The number of aromatic nitrogens is 5. The van der Waals surface area contributed by atoms with Crippen molar-refractivity contribution in [3.8, 4) is 5.69 Å². The summed E-state index contributed by atoms with van der Waals surface area (Å²) in [4.78, 5) is 39.6. The van der Waals surface area contributed by atoms with Gasteiger partial charge in [0.1, 0.15) is 0 Å². The minimum Gasteiger partial charge on any atom is -0.396 e. The van der Waals surface area contributed by atoms with Crippen LogP contribution in [0.5, 0.6) is 0 Å². The monoisotopic (exact) mass is 609 g/mol. The molecule has 0 fully saturated rings. The first-order chi connectivity index (χ1) is 21.7. The number of nitrogens with zero attached hydrogens (tertiary/aromatic N) is 6. The predicted molar refractivity (Wildman–Crippen MR) is 166 cm³/mol. The zero-order chi connectivity index (χ0) is 31.7. The number of anilines is 1. The summed E-state index contributed by atoms with van der Waals surface area (Å²) in [5, 5.41) is 44.4. The van der Waals surface area contributed by atoms with E-state index in [9.17, 15) is 24.8 Å². The van der Waals surface area contributed by atoms with E-state index < -0.39 is 22.3 Å². The average molecular weight is 610 g/mol. The van der Waals surface area contributed by atoms with E-state index in [1.165, 1.54) is 27.8 Å². The third kappa shape index (κ3) is 5.43. The van der Waals surface area contributed by atoms with E-state index in [-0.39, 0.29) is 30.0 Å². The van der Waals surface area contributed by atoms with E-state index >= 15 is 0 Å². The fraction of sp³-hybridized carbons (Fsp3) is 0.250. The van der Waals surface area contributed by atoms with Gasteiger partial charge in [-0.25, -0.2) is 4.68 Å². The molecule has 0 saturated carbocycles. The van der Waals surface area contributed by atoms with Crippen molar-refractivity contribution in [1.29, 1.82) is 0 Å². The highest BCUT2D eigenvalue weighted by molar-refractivity contribution is 6.07.